The van der Waals surface area contributed by atoms with Crippen molar-refractivity contribution in [3.05, 3.63) is 0 Å². The van der Waals surface area contributed by atoms with E-state index in [9.17, 15) is 9.59 Å². The highest BCUT2D eigenvalue weighted by Gasteiger charge is 2.69. The molecule has 0 aromatic heterocycles. The maximum Gasteiger partial charge on any atom is 0.308 e. The van der Waals surface area contributed by atoms with E-state index in [0.717, 1.165) is 19.3 Å². The molecule has 1 aliphatic carbocycles. The molecule has 1 saturated carbocycles. The molecule has 27 heavy (non-hydrogen) atoms. The molecule has 0 aromatic carbocycles. The summed E-state index contributed by atoms with van der Waals surface area (Å²) in [6.45, 7) is 6.06. The molecule has 4 saturated heterocycles. The van der Waals surface area contributed by atoms with Crippen molar-refractivity contribution in [2.45, 2.75) is 83.3 Å². The van der Waals surface area contributed by atoms with Crippen molar-refractivity contribution in [2.75, 3.05) is 0 Å². The normalized spacial score (nSPS) is 48.4. The zero-order valence-electron chi connectivity index (χ0n) is 16.0. The Bertz CT molecular complexity index is 623. The number of carboxylic acids is 1. The highest BCUT2D eigenvalue weighted by Crippen LogP contribution is 2.60. The average molecular weight is 384 g/mol. The minimum Gasteiger partial charge on any atom is -0.481 e. The van der Waals surface area contributed by atoms with Crippen molar-refractivity contribution >= 4 is 11.9 Å². The fourth-order valence-electron chi connectivity index (χ4n) is 5.40. The monoisotopic (exact) mass is 384 g/mol. The Kier molecular flexibility index (Phi) is 4.73. The van der Waals surface area contributed by atoms with Gasteiger partial charge in [-0.3, -0.25) is 9.59 Å². The van der Waals surface area contributed by atoms with Gasteiger partial charge in [0.1, 0.15) is 0 Å². The molecule has 2 bridgehead atoms. The maximum absolute atomic E-state index is 12.1. The number of esters is 1. The van der Waals surface area contributed by atoms with Gasteiger partial charge < -0.3 is 19.3 Å². The second-order valence-electron chi connectivity index (χ2n) is 8.66. The fraction of sp³-hybridized carbons (Fsp3) is 0.895. The van der Waals surface area contributed by atoms with Crippen LogP contribution in [0.4, 0.5) is 0 Å². The molecule has 1 spiro atoms. The topological polar surface area (TPSA) is 101 Å². The largest absolute Gasteiger partial charge is 0.481 e. The van der Waals surface area contributed by atoms with E-state index in [1.165, 1.54) is 0 Å². The second kappa shape index (κ2) is 6.69. The first-order valence-electron chi connectivity index (χ1n) is 9.86. The maximum atomic E-state index is 12.1. The van der Waals surface area contributed by atoms with Gasteiger partial charge >= 0.3 is 11.9 Å². The Labute approximate surface area is 158 Å². The first-order chi connectivity index (χ1) is 12.7. The van der Waals surface area contributed by atoms with Crippen LogP contribution in [0.5, 0.6) is 0 Å². The third kappa shape index (κ3) is 3.06. The van der Waals surface area contributed by atoms with Gasteiger partial charge in [-0.25, -0.2) is 9.78 Å². The highest BCUT2D eigenvalue weighted by atomic mass is 17.3. The summed E-state index contributed by atoms with van der Waals surface area (Å²) in [4.78, 5) is 34.5. The van der Waals surface area contributed by atoms with Gasteiger partial charge in [-0.2, -0.15) is 0 Å². The number of fused-ring (bicyclic) bond motifs is 2. The minimum absolute atomic E-state index is 0.0670. The van der Waals surface area contributed by atoms with E-state index in [0.29, 0.717) is 12.3 Å². The first-order valence-corrected chi connectivity index (χ1v) is 9.86. The predicted molar refractivity (Wildman–Crippen MR) is 89.8 cm³/mol. The van der Waals surface area contributed by atoms with Gasteiger partial charge in [0, 0.05) is 18.3 Å². The summed E-state index contributed by atoms with van der Waals surface area (Å²) >= 11 is 0. The quantitative estimate of drug-likeness (QED) is 0.583. The molecule has 0 amide bonds. The standard InChI is InChI=1S/C19H28O8/c1-10-4-5-13-11(2)16(23-15(22)7-6-14(20)21)24-17-19(13)12(10)8-9-18(3,25-17)26-27-19/h10-13,16-17H,4-9H2,1-3H3,(H,20,21)/t10-,11-,12?,13?,16+,17-,18?,19-/m1/s1. The van der Waals surface area contributed by atoms with Crippen LogP contribution >= 0.6 is 0 Å². The van der Waals surface area contributed by atoms with Gasteiger partial charge in [-0.15, -0.1) is 0 Å². The zero-order chi connectivity index (χ0) is 19.4. The summed E-state index contributed by atoms with van der Waals surface area (Å²) in [6.07, 6.45) is 1.72. The summed E-state index contributed by atoms with van der Waals surface area (Å²) in [5.74, 6) is -1.82. The van der Waals surface area contributed by atoms with Gasteiger partial charge in [0.15, 0.2) is 11.9 Å². The number of carbonyl (C=O) groups is 2. The van der Waals surface area contributed by atoms with Gasteiger partial charge in [-0.1, -0.05) is 13.8 Å². The van der Waals surface area contributed by atoms with Crippen molar-refractivity contribution in [2.24, 2.45) is 23.7 Å². The summed E-state index contributed by atoms with van der Waals surface area (Å²) in [7, 11) is 0. The van der Waals surface area contributed by atoms with Crippen LogP contribution in [0, 0.1) is 23.7 Å². The molecular formula is C19H28O8. The Hall–Kier alpha value is -1.22. The van der Waals surface area contributed by atoms with Gasteiger partial charge in [0.25, 0.3) is 0 Å². The van der Waals surface area contributed by atoms with Crippen LogP contribution in [0.3, 0.4) is 0 Å². The molecule has 4 heterocycles. The molecule has 5 rings (SSSR count). The molecule has 1 N–H and O–H groups in total. The number of hydrogen-bond donors (Lipinski definition) is 1. The van der Waals surface area contributed by atoms with E-state index in [2.05, 4.69) is 6.92 Å². The highest BCUT2D eigenvalue weighted by molar-refractivity contribution is 5.76. The first kappa shape index (κ1) is 19.1. The Morgan fingerprint density at radius 3 is 2.63 bits per heavy atom. The predicted octanol–water partition coefficient (Wildman–Crippen LogP) is 2.60. The summed E-state index contributed by atoms with van der Waals surface area (Å²) in [6, 6.07) is 0. The van der Waals surface area contributed by atoms with Crippen LogP contribution in [0.25, 0.3) is 0 Å². The van der Waals surface area contributed by atoms with E-state index in [-0.39, 0.29) is 30.6 Å². The third-order valence-electron chi connectivity index (χ3n) is 6.89. The summed E-state index contributed by atoms with van der Waals surface area (Å²) in [5.41, 5.74) is -0.697. The van der Waals surface area contributed by atoms with E-state index >= 15 is 0 Å². The lowest BCUT2D eigenvalue weighted by Crippen LogP contribution is -2.70. The number of rotatable bonds is 4. The van der Waals surface area contributed by atoms with Crippen molar-refractivity contribution in [3.63, 3.8) is 0 Å². The van der Waals surface area contributed by atoms with E-state index < -0.39 is 35.9 Å². The van der Waals surface area contributed by atoms with E-state index in [4.69, 9.17) is 29.1 Å². The van der Waals surface area contributed by atoms with E-state index in [1.54, 1.807) is 0 Å². The molecule has 4 aliphatic heterocycles. The Morgan fingerprint density at radius 1 is 1.11 bits per heavy atom. The molecule has 0 aromatic rings. The lowest BCUT2D eigenvalue weighted by atomic mass is 9.58. The lowest BCUT2D eigenvalue weighted by Gasteiger charge is -2.59. The van der Waals surface area contributed by atoms with Crippen LogP contribution in [0.1, 0.15) is 59.3 Å². The third-order valence-corrected chi connectivity index (χ3v) is 6.89. The smallest absolute Gasteiger partial charge is 0.308 e. The molecule has 8 heteroatoms. The Balaban J connectivity index is 1.58. The molecule has 152 valence electrons. The lowest BCUT2D eigenvalue weighted by molar-refractivity contribution is -0.576. The van der Waals surface area contributed by atoms with Crippen molar-refractivity contribution in [1.82, 2.24) is 0 Å². The molecule has 5 fully saturated rings. The number of hydrogen-bond acceptors (Lipinski definition) is 7. The second-order valence-corrected chi connectivity index (χ2v) is 8.66. The Morgan fingerprint density at radius 2 is 1.89 bits per heavy atom. The van der Waals surface area contributed by atoms with Gasteiger partial charge in [0.05, 0.1) is 12.8 Å². The molecule has 5 aliphatic rings. The fourth-order valence-corrected chi connectivity index (χ4v) is 5.40. The molecule has 8 atom stereocenters. The van der Waals surface area contributed by atoms with Crippen LogP contribution < -0.4 is 0 Å². The minimum atomic E-state index is -1.03. The van der Waals surface area contributed by atoms with Crippen molar-refractivity contribution in [3.8, 4) is 0 Å². The van der Waals surface area contributed by atoms with Crippen LogP contribution in [-0.4, -0.2) is 41.0 Å². The molecule has 3 unspecified atom stereocenters. The molecule has 8 nitrogen and oxygen atoms in total. The summed E-state index contributed by atoms with van der Waals surface area (Å²) < 4.78 is 17.8. The zero-order valence-corrected chi connectivity index (χ0v) is 16.0. The number of carbonyl (C=O) groups excluding carboxylic acids is 1. The van der Waals surface area contributed by atoms with Crippen LogP contribution in [-0.2, 0) is 33.6 Å². The molecular weight excluding hydrogens is 356 g/mol. The van der Waals surface area contributed by atoms with Crippen molar-refractivity contribution in [1.29, 1.82) is 0 Å². The van der Waals surface area contributed by atoms with Gasteiger partial charge in [-0.05, 0) is 38.0 Å². The van der Waals surface area contributed by atoms with Crippen LogP contribution in [0.15, 0.2) is 0 Å². The summed E-state index contributed by atoms with van der Waals surface area (Å²) in [5, 5.41) is 8.76. The van der Waals surface area contributed by atoms with Crippen molar-refractivity contribution < 1.29 is 38.7 Å². The average Bonchev–Trinajstić information content (AvgIpc) is 2.84. The van der Waals surface area contributed by atoms with Crippen LogP contribution in [0.2, 0.25) is 0 Å². The number of carboxylic acid groups (broad SMARTS) is 1. The van der Waals surface area contributed by atoms with Gasteiger partial charge in [0.2, 0.25) is 12.1 Å². The SMILES string of the molecule is C[C@@H]1CCC2[C@@H](C)[C@@H](OC(=O)CCC(=O)O)O[C@@H]3OC4(C)CCC1[C@@]23OO4. The number of ether oxygens (including phenoxy) is 3. The molecule has 0 radical (unpaired) electrons. The number of aliphatic carboxylic acids is 1. The van der Waals surface area contributed by atoms with E-state index in [1.807, 2.05) is 13.8 Å².